The van der Waals surface area contributed by atoms with Crippen LogP contribution in [0.1, 0.15) is 22.4 Å². The lowest BCUT2D eigenvalue weighted by atomic mass is 9.97. The van der Waals surface area contributed by atoms with E-state index in [2.05, 4.69) is 29.2 Å². The molecule has 0 spiro atoms. The van der Waals surface area contributed by atoms with Gasteiger partial charge < -0.3 is 17.2 Å². The summed E-state index contributed by atoms with van der Waals surface area (Å²) in [5.41, 5.74) is 23.7. The maximum Gasteiger partial charge on any atom is 0.149 e. The summed E-state index contributed by atoms with van der Waals surface area (Å²) >= 11 is 0. The molecule has 0 saturated carbocycles. The molecule has 0 radical (unpaired) electrons. The summed E-state index contributed by atoms with van der Waals surface area (Å²) in [6.45, 7) is 0. The number of nitrogens with zero attached hydrogens (tertiary/aromatic N) is 1. The minimum Gasteiger partial charge on any atom is -0.397 e. The number of rotatable bonds is 6. The summed E-state index contributed by atoms with van der Waals surface area (Å²) in [6, 6.07) is 20.7. The van der Waals surface area contributed by atoms with Crippen molar-refractivity contribution in [3.05, 3.63) is 83.0 Å². The van der Waals surface area contributed by atoms with Crippen LogP contribution < -0.4 is 17.2 Å². The zero-order chi connectivity index (χ0) is 17.6. The Morgan fingerprint density at radius 2 is 1.12 bits per heavy atom. The topological polar surface area (TPSA) is 90.9 Å². The van der Waals surface area contributed by atoms with E-state index in [1.54, 1.807) is 0 Å². The van der Waals surface area contributed by atoms with Crippen molar-refractivity contribution in [2.45, 2.75) is 25.7 Å². The molecule has 4 heteroatoms. The molecular weight excluding hydrogens is 308 g/mol. The van der Waals surface area contributed by atoms with Crippen LogP contribution in [-0.2, 0) is 25.7 Å². The summed E-state index contributed by atoms with van der Waals surface area (Å²) in [4.78, 5) is 4.53. The van der Waals surface area contributed by atoms with Gasteiger partial charge in [-0.15, -0.1) is 0 Å². The van der Waals surface area contributed by atoms with E-state index in [1.165, 1.54) is 11.1 Å². The Morgan fingerprint density at radius 3 is 1.68 bits per heavy atom. The SMILES string of the molecule is Nc1nc(CCc2ccccc2)c(CCc2ccccc2)c(N)c1N. The van der Waals surface area contributed by atoms with E-state index in [1.807, 2.05) is 36.4 Å². The van der Waals surface area contributed by atoms with Crippen molar-refractivity contribution in [3.8, 4) is 0 Å². The van der Waals surface area contributed by atoms with Crippen LogP contribution in [0, 0.1) is 0 Å². The van der Waals surface area contributed by atoms with Crippen molar-refractivity contribution in [1.82, 2.24) is 4.98 Å². The van der Waals surface area contributed by atoms with Crippen molar-refractivity contribution in [1.29, 1.82) is 0 Å². The molecule has 1 aromatic heterocycles. The lowest BCUT2D eigenvalue weighted by Gasteiger charge is -2.15. The van der Waals surface area contributed by atoms with Crippen LogP contribution in [-0.4, -0.2) is 4.98 Å². The molecule has 3 aromatic rings. The van der Waals surface area contributed by atoms with E-state index in [0.717, 1.165) is 36.9 Å². The van der Waals surface area contributed by atoms with Gasteiger partial charge in [0, 0.05) is 5.69 Å². The summed E-state index contributed by atoms with van der Waals surface area (Å²) in [5.74, 6) is 0.323. The van der Waals surface area contributed by atoms with Crippen molar-refractivity contribution >= 4 is 17.2 Å². The third-order valence-electron chi connectivity index (χ3n) is 4.49. The van der Waals surface area contributed by atoms with E-state index in [0.29, 0.717) is 17.2 Å². The average molecular weight is 332 g/mol. The fourth-order valence-corrected chi connectivity index (χ4v) is 3.04. The Bertz CT molecular complexity index is 830. The molecule has 0 fully saturated rings. The molecular formula is C21H24N4. The van der Waals surface area contributed by atoms with Gasteiger partial charge in [0.2, 0.25) is 0 Å². The number of hydrogen-bond acceptors (Lipinski definition) is 4. The minimum atomic E-state index is 0.323. The van der Waals surface area contributed by atoms with Gasteiger partial charge in [0.05, 0.1) is 11.4 Å². The lowest BCUT2D eigenvalue weighted by molar-refractivity contribution is 0.862. The molecule has 25 heavy (non-hydrogen) atoms. The third-order valence-corrected chi connectivity index (χ3v) is 4.49. The smallest absolute Gasteiger partial charge is 0.149 e. The van der Waals surface area contributed by atoms with E-state index in [-0.39, 0.29) is 0 Å². The van der Waals surface area contributed by atoms with Crippen LogP contribution in [0.3, 0.4) is 0 Å². The molecule has 0 saturated heterocycles. The molecule has 0 amide bonds. The summed E-state index contributed by atoms with van der Waals surface area (Å²) < 4.78 is 0. The van der Waals surface area contributed by atoms with Crippen LogP contribution >= 0.6 is 0 Å². The fraction of sp³-hybridized carbons (Fsp3) is 0.190. The minimum absolute atomic E-state index is 0.323. The molecule has 1 heterocycles. The predicted octanol–water partition coefficient (Wildman–Crippen LogP) is 3.40. The van der Waals surface area contributed by atoms with E-state index in [4.69, 9.17) is 17.2 Å². The van der Waals surface area contributed by atoms with Crippen molar-refractivity contribution in [2.24, 2.45) is 0 Å². The lowest BCUT2D eigenvalue weighted by Crippen LogP contribution is -2.12. The van der Waals surface area contributed by atoms with Gasteiger partial charge >= 0.3 is 0 Å². The van der Waals surface area contributed by atoms with Crippen molar-refractivity contribution < 1.29 is 0 Å². The van der Waals surface area contributed by atoms with Gasteiger partial charge in [-0.25, -0.2) is 4.98 Å². The van der Waals surface area contributed by atoms with Crippen LogP contribution in [0.25, 0.3) is 0 Å². The number of aromatic nitrogens is 1. The Morgan fingerprint density at radius 1 is 0.600 bits per heavy atom. The molecule has 0 aliphatic rings. The zero-order valence-corrected chi connectivity index (χ0v) is 14.3. The van der Waals surface area contributed by atoms with Crippen molar-refractivity contribution in [3.63, 3.8) is 0 Å². The predicted molar refractivity (Wildman–Crippen MR) is 105 cm³/mol. The Balaban J connectivity index is 1.83. The normalized spacial score (nSPS) is 10.7. The number of nitrogen functional groups attached to an aromatic ring is 3. The van der Waals surface area contributed by atoms with Gasteiger partial charge in [-0.1, -0.05) is 60.7 Å². The van der Waals surface area contributed by atoms with Crippen LogP contribution in [0.5, 0.6) is 0 Å². The van der Waals surface area contributed by atoms with E-state index in [9.17, 15) is 0 Å². The van der Waals surface area contributed by atoms with Gasteiger partial charge in [0.25, 0.3) is 0 Å². The maximum atomic E-state index is 6.27. The molecule has 0 aliphatic carbocycles. The monoisotopic (exact) mass is 332 g/mol. The molecule has 0 aliphatic heterocycles. The third kappa shape index (κ3) is 4.10. The number of hydrogen-bond donors (Lipinski definition) is 3. The Hall–Kier alpha value is -3.01. The largest absolute Gasteiger partial charge is 0.397 e. The molecule has 0 bridgehead atoms. The highest BCUT2D eigenvalue weighted by Gasteiger charge is 2.14. The second-order valence-electron chi connectivity index (χ2n) is 6.22. The first-order chi connectivity index (χ1) is 12.1. The highest BCUT2D eigenvalue weighted by molar-refractivity contribution is 5.77. The van der Waals surface area contributed by atoms with Crippen LogP contribution in [0.15, 0.2) is 60.7 Å². The molecule has 0 atom stereocenters. The number of pyridine rings is 1. The fourth-order valence-electron chi connectivity index (χ4n) is 3.04. The first-order valence-corrected chi connectivity index (χ1v) is 8.55. The Kier molecular flexibility index (Phi) is 5.19. The quantitative estimate of drug-likeness (QED) is 0.645. The molecule has 6 N–H and O–H groups in total. The number of nitrogens with two attached hydrogens (primary N) is 3. The Labute approximate surface area is 148 Å². The molecule has 4 nitrogen and oxygen atoms in total. The molecule has 0 unspecified atom stereocenters. The number of anilines is 3. The molecule has 3 rings (SSSR count). The highest BCUT2D eigenvalue weighted by atomic mass is 14.9. The standard InChI is InChI=1S/C21H24N4/c22-19-17(13-11-15-7-3-1-4-8-15)18(25-21(24)20(19)23)14-12-16-9-5-2-6-10-16/h1-10H,11-14,23H2,(H4,22,24,25). The van der Waals surface area contributed by atoms with Gasteiger partial charge in [0.15, 0.2) is 0 Å². The number of benzene rings is 2. The zero-order valence-electron chi connectivity index (χ0n) is 14.3. The van der Waals surface area contributed by atoms with Gasteiger partial charge in [-0.3, -0.25) is 0 Å². The van der Waals surface area contributed by atoms with Gasteiger partial charge in [0.1, 0.15) is 5.82 Å². The summed E-state index contributed by atoms with van der Waals surface area (Å²) in [6.07, 6.45) is 3.39. The maximum absolute atomic E-state index is 6.27. The van der Waals surface area contributed by atoms with Gasteiger partial charge in [-0.2, -0.15) is 0 Å². The molecule has 2 aromatic carbocycles. The number of aryl methyl sites for hydroxylation is 3. The highest BCUT2D eigenvalue weighted by Crippen LogP contribution is 2.29. The van der Waals surface area contributed by atoms with Gasteiger partial charge in [-0.05, 0) is 42.4 Å². The van der Waals surface area contributed by atoms with E-state index < -0.39 is 0 Å². The van der Waals surface area contributed by atoms with Crippen LogP contribution in [0.4, 0.5) is 17.2 Å². The summed E-state index contributed by atoms with van der Waals surface area (Å²) in [5, 5.41) is 0. The van der Waals surface area contributed by atoms with Crippen LogP contribution in [0.2, 0.25) is 0 Å². The average Bonchev–Trinajstić information content (AvgIpc) is 2.65. The first kappa shape index (κ1) is 16.8. The summed E-state index contributed by atoms with van der Waals surface area (Å²) in [7, 11) is 0. The first-order valence-electron chi connectivity index (χ1n) is 8.55. The second-order valence-corrected chi connectivity index (χ2v) is 6.22. The van der Waals surface area contributed by atoms with E-state index >= 15 is 0 Å². The molecule has 128 valence electrons. The second kappa shape index (κ2) is 7.71. The van der Waals surface area contributed by atoms with Crippen molar-refractivity contribution in [2.75, 3.05) is 17.2 Å².